The summed E-state index contributed by atoms with van der Waals surface area (Å²) < 4.78 is 74.8. The second-order valence-electron chi connectivity index (χ2n) is 6.14. The van der Waals surface area contributed by atoms with Crippen LogP contribution in [0.2, 0.25) is 0 Å². The molecule has 0 aliphatic heterocycles. The van der Waals surface area contributed by atoms with E-state index in [1.807, 2.05) is 0 Å². The first kappa shape index (κ1) is 24.9. The third kappa shape index (κ3) is 6.99. The second-order valence-corrected chi connectivity index (χ2v) is 6.70. The van der Waals surface area contributed by atoms with Gasteiger partial charge in [-0.1, -0.05) is 40.2 Å². The predicted octanol–water partition coefficient (Wildman–Crippen LogP) is 7.02. The molecule has 0 aromatic heterocycles. The Hall–Kier alpha value is -2.16. The van der Waals surface area contributed by atoms with E-state index in [4.69, 9.17) is 0 Å². The fraction of sp³-hybridized carbons (Fsp3) is 0.300. The van der Waals surface area contributed by atoms with E-state index >= 15 is 0 Å². The quantitative estimate of drug-likeness (QED) is 0.267. The van der Waals surface area contributed by atoms with Crippen molar-refractivity contribution in [3.8, 4) is 0 Å². The van der Waals surface area contributed by atoms with Gasteiger partial charge in [0.05, 0.1) is 11.1 Å². The van der Waals surface area contributed by atoms with Crippen molar-refractivity contribution in [1.29, 1.82) is 0 Å². The maximum Gasteiger partial charge on any atom is 0.416 e. The van der Waals surface area contributed by atoms with Crippen molar-refractivity contribution in [3.63, 3.8) is 0 Å². The fourth-order valence-electron chi connectivity index (χ4n) is 2.32. The van der Waals surface area contributed by atoms with Crippen LogP contribution in [-0.4, -0.2) is 11.6 Å². The molecule has 0 spiro atoms. The van der Waals surface area contributed by atoms with E-state index in [-0.39, 0.29) is 39.2 Å². The number of halogens is 7. The summed E-state index contributed by atoms with van der Waals surface area (Å²) in [5.41, 5.74) is -1.08. The van der Waals surface area contributed by atoms with Gasteiger partial charge in [-0.15, -0.1) is 0 Å². The molecule has 0 heterocycles. The monoisotopic (exact) mass is 482 g/mol. The van der Waals surface area contributed by atoms with Crippen LogP contribution in [0.4, 0.5) is 26.3 Å². The molecule has 0 atom stereocenters. The van der Waals surface area contributed by atoms with Crippen LogP contribution in [0.1, 0.15) is 56.8 Å². The van der Waals surface area contributed by atoms with Gasteiger partial charge in [0.25, 0.3) is 0 Å². The van der Waals surface area contributed by atoms with Crippen molar-refractivity contribution < 1.29 is 35.9 Å². The van der Waals surface area contributed by atoms with E-state index in [0.717, 1.165) is 12.1 Å². The third-order valence-electron chi connectivity index (χ3n) is 3.92. The minimum atomic E-state index is -4.42. The SMILES string of the molecule is CC(=O)c1ccc(C)c(C(F)(F)F)c1.CC(=O)c1ccc(CBr)c(C(F)(F)F)c1. The summed E-state index contributed by atoms with van der Waals surface area (Å²) in [6.07, 6.45) is -8.82. The van der Waals surface area contributed by atoms with Gasteiger partial charge in [-0.05, 0) is 44.0 Å². The molecule has 0 amide bonds. The largest absolute Gasteiger partial charge is 0.416 e. The van der Waals surface area contributed by atoms with Gasteiger partial charge in [0.2, 0.25) is 0 Å². The molecule has 2 aromatic carbocycles. The van der Waals surface area contributed by atoms with Gasteiger partial charge in [0.1, 0.15) is 0 Å². The molecule has 0 aliphatic carbocycles. The van der Waals surface area contributed by atoms with E-state index < -0.39 is 23.5 Å². The maximum absolute atomic E-state index is 12.5. The van der Waals surface area contributed by atoms with Crippen molar-refractivity contribution in [2.45, 2.75) is 38.5 Å². The Morgan fingerprint density at radius 2 is 1.21 bits per heavy atom. The van der Waals surface area contributed by atoms with Crippen molar-refractivity contribution in [2.75, 3.05) is 0 Å². The molecule has 29 heavy (non-hydrogen) atoms. The minimum Gasteiger partial charge on any atom is -0.295 e. The van der Waals surface area contributed by atoms with E-state index in [1.54, 1.807) is 0 Å². The zero-order valence-corrected chi connectivity index (χ0v) is 17.2. The van der Waals surface area contributed by atoms with Crippen molar-refractivity contribution in [1.82, 2.24) is 0 Å². The highest BCUT2D eigenvalue weighted by atomic mass is 79.9. The molecule has 9 heteroatoms. The average Bonchev–Trinajstić information content (AvgIpc) is 2.60. The lowest BCUT2D eigenvalue weighted by Crippen LogP contribution is -2.10. The normalized spacial score (nSPS) is 11.5. The van der Waals surface area contributed by atoms with E-state index in [0.29, 0.717) is 0 Å². The zero-order valence-electron chi connectivity index (χ0n) is 15.6. The van der Waals surface area contributed by atoms with Gasteiger partial charge >= 0.3 is 12.4 Å². The molecule has 0 saturated carbocycles. The molecular formula is C20H17BrF6O2. The van der Waals surface area contributed by atoms with Crippen LogP contribution in [0.5, 0.6) is 0 Å². The molecule has 2 rings (SSSR count). The summed E-state index contributed by atoms with van der Waals surface area (Å²) in [7, 11) is 0. The zero-order chi connectivity index (χ0) is 22.6. The number of carbonyl (C=O) groups is 2. The van der Waals surface area contributed by atoms with Crippen molar-refractivity contribution in [3.05, 3.63) is 69.8 Å². The Morgan fingerprint density at radius 1 is 0.793 bits per heavy atom. The van der Waals surface area contributed by atoms with Crippen molar-refractivity contribution >= 4 is 27.5 Å². The van der Waals surface area contributed by atoms with Gasteiger partial charge in [0.15, 0.2) is 11.6 Å². The van der Waals surface area contributed by atoms with Crippen LogP contribution in [0.15, 0.2) is 36.4 Å². The standard InChI is InChI=1S/C10H8BrF3O.C10H9F3O/c1-6(15)7-2-3-8(5-11)9(4-7)10(12,13)14;1-6-3-4-8(7(2)14)5-9(6)10(11,12)13/h2-4H,5H2,1H3;3-5H,1-2H3. The first-order chi connectivity index (χ1) is 13.2. The van der Waals surface area contributed by atoms with E-state index in [9.17, 15) is 35.9 Å². The summed E-state index contributed by atoms with van der Waals surface area (Å²) >= 11 is 2.98. The number of alkyl halides is 7. The minimum absolute atomic E-state index is 0.0759. The van der Waals surface area contributed by atoms with Crippen LogP contribution in [0, 0.1) is 6.92 Å². The maximum atomic E-state index is 12.5. The van der Waals surface area contributed by atoms with Crippen LogP contribution in [0.25, 0.3) is 0 Å². The average molecular weight is 483 g/mol. The summed E-state index contributed by atoms with van der Waals surface area (Å²) in [4.78, 5) is 21.8. The Labute approximate surface area is 172 Å². The highest BCUT2D eigenvalue weighted by Gasteiger charge is 2.34. The molecule has 158 valence electrons. The highest BCUT2D eigenvalue weighted by molar-refractivity contribution is 9.08. The van der Waals surface area contributed by atoms with Crippen LogP contribution < -0.4 is 0 Å². The first-order valence-electron chi connectivity index (χ1n) is 8.14. The van der Waals surface area contributed by atoms with Crippen LogP contribution in [0.3, 0.4) is 0 Å². The molecule has 0 aliphatic rings. The lowest BCUT2D eigenvalue weighted by Gasteiger charge is -2.12. The van der Waals surface area contributed by atoms with Crippen LogP contribution >= 0.6 is 15.9 Å². The lowest BCUT2D eigenvalue weighted by atomic mass is 10.0. The number of hydrogen-bond acceptors (Lipinski definition) is 2. The summed E-state index contributed by atoms with van der Waals surface area (Å²) in [6.45, 7) is 3.85. The number of rotatable bonds is 3. The Balaban J connectivity index is 0.000000291. The Kier molecular flexibility index (Phi) is 8.20. The summed E-state index contributed by atoms with van der Waals surface area (Å²) in [6, 6.07) is 7.19. The number of Topliss-reactive ketones (excluding diaryl/α,β-unsaturated/α-hetero) is 2. The second kappa shape index (κ2) is 9.56. The molecule has 0 bridgehead atoms. The first-order valence-corrected chi connectivity index (χ1v) is 9.26. The van der Waals surface area contributed by atoms with E-state index in [1.165, 1.54) is 45.0 Å². The molecule has 0 saturated heterocycles. The molecule has 0 unspecified atom stereocenters. The Morgan fingerprint density at radius 3 is 1.59 bits per heavy atom. The number of ketones is 2. The Bertz CT molecular complexity index is 901. The van der Waals surface area contributed by atoms with Gasteiger partial charge in [0, 0.05) is 16.5 Å². The number of carbonyl (C=O) groups excluding carboxylic acids is 2. The highest BCUT2D eigenvalue weighted by Crippen LogP contribution is 2.34. The van der Waals surface area contributed by atoms with Gasteiger partial charge in [-0.2, -0.15) is 26.3 Å². The van der Waals surface area contributed by atoms with Gasteiger partial charge in [-0.25, -0.2) is 0 Å². The smallest absolute Gasteiger partial charge is 0.295 e. The molecular weight excluding hydrogens is 466 g/mol. The predicted molar refractivity (Wildman–Crippen MR) is 100 cm³/mol. The molecule has 0 radical (unpaired) electrons. The number of hydrogen-bond donors (Lipinski definition) is 0. The van der Waals surface area contributed by atoms with E-state index in [2.05, 4.69) is 15.9 Å². The topological polar surface area (TPSA) is 34.1 Å². The lowest BCUT2D eigenvalue weighted by molar-refractivity contribution is -0.138. The molecule has 0 fully saturated rings. The fourth-order valence-corrected chi connectivity index (χ4v) is 2.81. The molecule has 0 N–H and O–H groups in total. The summed E-state index contributed by atoms with van der Waals surface area (Å²) in [5, 5.41) is 0.111. The van der Waals surface area contributed by atoms with Gasteiger partial charge in [-0.3, -0.25) is 9.59 Å². The van der Waals surface area contributed by atoms with Gasteiger partial charge < -0.3 is 0 Å². The van der Waals surface area contributed by atoms with Crippen LogP contribution in [-0.2, 0) is 17.7 Å². The third-order valence-corrected chi connectivity index (χ3v) is 4.52. The number of aryl methyl sites for hydroxylation is 1. The number of benzene rings is 2. The molecule has 2 nitrogen and oxygen atoms in total. The molecule has 2 aromatic rings. The summed E-state index contributed by atoms with van der Waals surface area (Å²) in [5.74, 6) is -0.739. The van der Waals surface area contributed by atoms with Crippen molar-refractivity contribution in [2.24, 2.45) is 0 Å².